The monoisotopic (exact) mass is 279 g/mol. The van der Waals surface area contributed by atoms with Gasteiger partial charge in [-0.05, 0) is 24.8 Å². The summed E-state index contributed by atoms with van der Waals surface area (Å²) in [4.78, 5) is 17.6. The van der Waals surface area contributed by atoms with Crippen LogP contribution in [0.3, 0.4) is 0 Å². The van der Waals surface area contributed by atoms with Crippen LogP contribution in [0.1, 0.15) is 30.7 Å². The molecule has 2 saturated heterocycles. The Bertz CT molecular complexity index is 446. The normalized spacial score (nSPS) is 27.4. The third-order valence-electron chi connectivity index (χ3n) is 4.25. The molecule has 3 heterocycles. The molecule has 0 saturated carbocycles. The van der Waals surface area contributed by atoms with Gasteiger partial charge in [-0.15, -0.1) is 11.3 Å². The highest BCUT2D eigenvalue weighted by Gasteiger charge is 2.38. The quantitative estimate of drug-likeness (QED) is 0.911. The van der Waals surface area contributed by atoms with Crippen LogP contribution in [0.2, 0.25) is 0 Å². The van der Waals surface area contributed by atoms with Gasteiger partial charge in [0.15, 0.2) is 0 Å². The number of fused-ring (bicyclic) bond motifs is 1. The predicted octanol–water partition coefficient (Wildman–Crippen LogP) is 1.44. The van der Waals surface area contributed by atoms with E-state index in [1.165, 1.54) is 4.88 Å². The third kappa shape index (κ3) is 2.42. The van der Waals surface area contributed by atoms with E-state index in [1.54, 1.807) is 11.3 Å². The molecule has 4 nitrogen and oxygen atoms in total. The summed E-state index contributed by atoms with van der Waals surface area (Å²) in [5, 5.41) is 2.11. The van der Waals surface area contributed by atoms with Gasteiger partial charge in [0.2, 0.25) is 5.91 Å². The van der Waals surface area contributed by atoms with Crippen molar-refractivity contribution < 1.29 is 4.79 Å². The number of hydrogen-bond donors (Lipinski definition) is 1. The number of piperazine rings is 1. The number of thiophene rings is 1. The fraction of sp³-hybridized carbons (Fsp3) is 0.643. The Balaban J connectivity index is 1.76. The second-order valence-electron chi connectivity index (χ2n) is 5.59. The Morgan fingerprint density at radius 2 is 2.32 bits per heavy atom. The lowest BCUT2D eigenvalue weighted by Gasteiger charge is -2.42. The molecule has 1 aromatic heterocycles. The minimum absolute atomic E-state index is 0.113. The summed E-state index contributed by atoms with van der Waals surface area (Å²) in [7, 11) is 0. The minimum atomic E-state index is 0.113. The van der Waals surface area contributed by atoms with Crippen LogP contribution in [0.5, 0.6) is 0 Å². The van der Waals surface area contributed by atoms with Gasteiger partial charge in [-0.1, -0.05) is 6.07 Å². The van der Waals surface area contributed by atoms with Crippen LogP contribution >= 0.6 is 11.3 Å². The number of carbonyl (C=O) groups is 1. The van der Waals surface area contributed by atoms with Crippen molar-refractivity contribution >= 4 is 17.2 Å². The van der Waals surface area contributed by atoms with E-state index in [9.17, 15) is 4.79 Å². The average Bonchev–Trinajstić information content (AvgIpc) is 3.00. The van der Waals surface area contributed by atoms with E-state index in [-0.39, 0.29) is 12.1 Å². The van der Waals surface area contributed by atoms with Gasteiger partial charge >= 0.3 is 0 Å². The third-order valence-corrected chi connectivity index (χ3v) is 5.19. The second kappa shape index (κ2) is 5.23. The maximum Gasteiger partial charge on any atom is 0.222 e. The fourth-order valence-electron chi connectivity index (χ4n) is 3.37. The van der Waals surface area contributed by atoms with E-state index in [1.807, 2.05) is 0 Å². The summed E-state index contributed by atoms with van der Waals surface area (Å²) >= 11 is 1.78. The molecule has 1 aromatic rings. The standard InChI is InChI=1S/C14H21N3OS/c1-10(15)14(12-3-2-8-19-12)16-6-7-17-11(9-16)4-5-13(17)18/h2-3,8,10-11,14H,4-7,9,15H2,1H3. The summed E-state index contributed by atoms with van der Waals surface area (Å²) in [6.45, 7) is 4.84. The van der Waals surface area contributed by atoms with Gasteiger partial charge in [0.1, 0.15) is 0 Å². The average molecular weight is 279 g/mol. The molecule has 2 aliphatic heterocycles. The minimum Gasteiger partial charge on any atom is -0.337 e. The van der Waals surface area contributed by atoms with Crippen molar-refractivity contribution in [1.82, 2.24) is 9.80 Å². The highest BCUT2D eigenvalue weighted by molar-refractivity contribution is 7.10. The summed E-state index contributed by atoms with van der Waals surface area (Å²) < 4.78 is 0. The number of amides is 1. The van der Waals surface area contributed by atoms with Crippen LogP contribution in [-0.2, 0) is 4.79 Å². The number of carbonyl (C=O) groups excluding carboxylic acids is 1. The maximum atomic E-state index is 11.7. The lowest BCUT2D eigenvalue weighted by atomic mass is 10.0. The van der Waals surface area contributed by atoms with Crippen LogP contribution in [0.4, 0.5) is 0 Å². The van der Waals surface area contributed by atoms with Crippen molar-refractivity contribution in [3.05, 3.63) is 22.4 Å². The van der Waals surface area contributed by atoms with E-state index in [0.29, 0.717) is 11.9 Å². The molecule has 0 aromatic carbocycles. The molecular formula is C14H21N3OS. The van der Waals surface area contributed by atoms with Gasteiger partial charge in [0.05, 0.1) is 6.04 Å². The Kier molecular flexibility index (Phi) is 3.60. The Morgan fingerprint density at radius 3 is 3.00 bits per heavy atom. The first kappa shape index (κ1) is 13.1. The molecule has 0 bridgehead atoms. The first-order valence-electron chi connectivity index (χ1n) is 6.99. The van der Waals surface area contributed by atoms with Crippen LogP contribution < -0.4 is 5.73 Å². The van der Waals surface area contributed by atoms with Crippen molar-refractivity contribution in [2.45, 2.75) is 37.9 Å². The highest BCUT2D eigenvalue weighted by atomic mass is 32.1. The van der Waals surface area contributed by atoms with Gasteiger partial charge in [-0.3, -0.25) is 9.69 Å². The number of nitrogens with two attached hydrogens (primary N) is 1. The maximum absolute atomic E-state index is 11.7. The molecule has 19 heavy (non-hydrogen) atoms. The first-order valence-corrected chi connectivity index (χ1v) is 7.87. The molecule has 0 radical (unpaired) electrons. The molecular weight excluding hydrogens is 258 g/mol. The van der Waals surface area contributed by atoms with Crippen LogP contribution in [0, 0.1) is 0 Å². The summed E-state index contributed by atoms with van der Waals surface area (Å²) in [5.74, 6) is 0.332. The van der Waals surface area contributed by atoms with E-state index in [4.69, 9.17) is 5.73 Å². The molecule has 2 fully saturated rings. The molecule has 0 spiro atoms. The molecule has 5 heteroatoms. The molecule has 3 atom stereocenters. The van der Waals surface area contributed by atoms with Gasteiger partial charge in [0, 0.05) is 43.0 Å². The molecule has 2 N–H and O–H groups in total. The first-order chi connectivity index (χ1) is 9.16. The van der Waals surface area contributed by atoms with Crippen LogP contribution in [-0.4, -0.2) is 47.4 Å². The highest BCUT2D eigenvalue weighted by Crippen LogP contribution is 2.32. The zero-order valence-corrected chi connectivity index (χ0v) is 12.1. The number of nitrogens with zero attached hydrogens (tertiary/aromatic N) is 2. The van der Waals surface area contributed by atoms with Crippen molar-refractivity contribution in [2.24, 2.45) is 5.73 Å². The SMILES string of the molecule is CC(N)C(c1cccs1)N1CCN2C(=O)CCC2C1. The van der Waals surface area contributed by atoms with E-state index in [0.717, 1.165) is 32.5 Å². The number of rotatable bonds is 3. The van der Waals surface area contributed by atoms with Crippen molar-refractivity contribution in [3.63, 3.8) is 0 Å². The topological polar surface area (TPSA) is 49.6 Å². The summed E-state index contributed by atoms with van der Waals surface area (Å²) in [5.41, 5.74) is 6.21. The lowest BCUT2D eigenvalue weighted by molar-refractivity contribution is -0.131. The van der Waals surface area contributed by atoms with Gasteiger partial charge in [0.25, 0.3) is 0 Å². The molecule has 3 rings (SSSR count). The Hall–Kier alpha value is -0.910. The van der Waals surface area contributed by atoms with E-state index in [2.05, 4.69) is 34.2 Å². The molecule has 0 aliphatic carbocycles. The molecule has 2 aliphatic rings. The lowest BCUT2D eigenvalue weighted by Crippen LogP contribution is -2.54. The summed E-state index contributed by atoms with van der Waals surface area (Å²) in [6.07, 6.45) is 1.73. The zero-order valence-electron chi connectivity index (χ0n) is 11.3. The molecule has 1 amide bonds. The van der Waals surface area contributed by atoms with Crippen molar-refractivity contribution in [2.75, 3.05) is 19.6 Å². The van der Waals surface area contributed by atoms with Gasteiger partial charge in [-0.2, -0.15) is 0 Å². The van der Waals surface area contributed by atoms with Crippen molar-refractivity contribution in [3.8, 4) is 0 Å². The Labute approximate surface area is 118 Å². The zero-order chi connectivity index (χ0) is 13.4. The smallest absolute Gasteiger partial charge is 0.222 e. The Morgan fingerprint density at radius 1 is 1.47 bits per heavy atom. The molecule has 3 unspecified atom stereocenters. The predicted molar refractivity (Wildman–Crippen MR) is 77.0 cm³/mol. The van der Waals surface area contributed by atoms with Crippen LogP contribution in [0.15, 0.2) is 17.5 Å². The van der Waals surface area contributed by atoms with Crippen molar-refractivity contribution in [1.29, 1.82) is 0 Å². The van der Waals surface area contributed by atoms with Gasteiger partial charge < -0.3 is 10.6 Å². The van der Waals surface area contributed by atoms with E-state index >= 15 is 0 Å². The van der Waals surface area contributed by atoms with E-state index < -0.39 is 0 Å². The summed E-state index contributed by atoms with van der Waals surface area (Å²) in [6, 6.07) is 5.07. The largest absolute Gasteiger partial charge is 0.337 e. The number of hydrogen-bond acceptors (Lipinski definition) is 4. The van der Waals surface area contributed by atoms with Crippen LogP contribution in [0.25, 0.3) is 0 Å². The molecule has 104 valence electrons. The fourth-order valence-corrected chi connectivity index (χ4v) is 4.35. The second-order valence-corrected chi connectivity index (χ2v) is 6.57. The van der Waals surface area contributed by atoms with Gasteiger partial charge in [-0.25, -0.2) is 0 Å².